The molecular weight excluding hydrogens is 82.1 g/mol. The van der Waals surface area contributed by atoms with Gasteiger partial charge < -0.3 is 10.5 Å². The third kappa shape index (κ3) is 1010. The monoisotopic (exact) mass is 93.1 g/mol. The average molecular weight is 93.2 g/mol. The summed E-state index contributed by atoms with van der Waals surface area (Å²) in [4.78, 5) is 0. The summed E-state index contributed by atoms with van der Waals surface area (Å²) in [5.41, 5.74) is 0. The first-order valence-corrected chi connectivity index (χ1v) is 2.76. The molecule has 34 valence electrons. The largest absolute Gasteiger partial charge is 0.397 e. The summed E-state index contributed by atoms with van der Waals surface area (Å²) in [6.45, 7) is 1.93. The smallest absolute Gasteiger partial charge is 0.0716 e. The zero-order valence-electron chi connectivity index (χ0n) is 3.73. The van der Waals surface area contributed by atoms with Crippen molar-refractivity contribution in [3.8, 4) is 0 Å². The van der Waals surface area contributed by atoms with Crippen LogP contribution < -0.4 is 5.40 Å². The van der Waals surface area contributed by atoms with Crippen LogP contribution in [0.15, 0.2) is 0 Å². The van der Waals surface area contributed by atoms with Gasteiger partial charge in [-0.1, -0.05) is 0 Å². The Labute approximate surface area is 35.5 Å². The fraction of sp³-hybridized carbons (Fsp3) is 1.00. The molecule has 0 atom stereocenters. The van der Waals surface area contributed by atoms with Crippen molar-refractivity contribution in [3.05, 3.63) is 0 Å². The molecule has 0 spiro atoms. The molecule has 0 aromatic heterocycles. The van der Waals surface area contributed by atoms with E-state index in [-0.39, 0.29) is 6.61 Å². The maximum atomic E-state index is 7.57. The van der Waals surface area contributed by atoms with E-state index in [1.54, 1.807) is 6.92 Å². The van der Waals surface area contributed by atoms with E-state index in [9.17, 15) is 0 Å². The van der Waals surface area contributed by atoms with Crippen LogP contribution in [0.25, 0.3) is 0 Å². The fourth-order valence-corrected chi connectivity index (χ4v) is 0. The van der Waals surface area contributed by atoms with Crippen molar-refractivity contribution in [3.63, 3.8) is 0 Å². The van der Waals surface area contributed by atoms with Gasteiger partial charge in [0.1, 0.15) is 0 Å². The topological polar surface area (TPSA) is 46.2 Å². The Bertz CT molecular complexity index is 9.61. The molecule has 0 bridgehead atoms. The van der Waals surface area contributed by atoms with Gasteiger partial charge in [0.15, 0.2) is 0 Å². The van der Waals surface area contributed by atoms with E-state index in [1.165, 1.54) is 0 Å². The minimum absolute atomic E-state index is 0.250. The highest BCUT2D eigenvalue weighted by Crippen LogP contribution is 1.30. The van der Waals surface area contributed by atoms with Crippen molar-refractivity contribution in [1.29, 1.82) is 0 Å². The number of nitrogens with two attached hydrogens (primary N) is 1. The van der Waals surface area contributed by atoms with E-state index < -0.39 is 0 Å². The van der Waals surface area contributed by atoms with Crippen molar-refractivity contribution in [2.75, 3.05) is 6.61 Å². The fourth-order valence-electron chi connectivity index (χ4n) is 0. The molecule has 0 aromatic rings. The lowest BCUT2D eigenvalue weighted by molar-refractivity contribution is 0.318. The van der Waals surface area contributed by atoms with E-state index in [2.05, 4.69) is 5.40 Å². The molecule has 0 unspecified atom stereocenters. The second-order valence-corrected chi connectivity index (χ2v) is 0.316. The van der Waals surface area contributed by atoms with Crippen LogP contribution in [0.2, 0.25) is 0 Å². The molecular formula is C2H11NOSi. The average Bonchev–Trinajstić information content (AvgIpc) is 1.46. The molecule has 3 heteroatoms. The standard InChI is InChI=1S/C2H6O.H5NSi/c1-2-3;1-2/h3H,2H2,1H3;1H2,2H3. The van der Waals surface area contributed by atoms with Crippen molar-refractivity contribution in [2.24, 2.45) is 5.40 Å². The number of aliphatic hydroxyl groups is 1. The second kappa shape index (κ2) is 31.5. The lowest BCUT2D eigenvalue weighted by atomic mass is 10.9. The van der Waals surface area contributed by atoms with Gasteiger partial charge in [-0.2, -0.15) is 0 Å². The molecule has 0 heterocycles. The molecule has 0 amide bonds. The summed E-state index contributed by atoms with van der Waals surface area (Å²) >= 11 is 0. The van der Waals surface area contributed by atoms with Gasteiger partial charge in [0.2, 0.25) is 0 Å². The van der Waals surface area contributed by atoms with Gasteiger partial charge in [-0.25, -0.2) is 0 Å². The van der Waals surface area contributed by atoms with Crippen LogP contribution in [-0.2, 0) is 0 Å². The maximum Gasteiger partial charge on any atom is 0.0716 e. The molecule has 0 aliphatic rings. The Morgan fingerprint density at radius 2 is 1.80 bits per heavy atom. The molecule has 0 aliphatic heterocycles. The minimum Gasteiger partial charge on any atom is -0.397 e. The molecule has 3 N–H and O–H groups in total. The third-order valence-electron chi connectivity index (χ3n) is 0. The van der Waals surface area contributed by atoms with Gasteiger partial charge in [0.25, 0.3) is 0 Å². The first kappa shape index (κ1) is 8.93. The molecule has 0 aromatic carbocycles. The van der Waals surface area contributed by atoms with Crippen LogP contribution >= 0.6 is 0 Å². The second-order valence-electron chi connectivity index (χ2n) is 0.316. The summed E-state index contributed by atoms with van der Waals surface area (Å²) in [6.07, 6.45) is 0. The first-order chi connectivity index (χ1) is 2.41. The summed E-state index contributed by atoms with van der Waals surface area (Å²) in [5.74, 6) is 0. The molecule has 0 saturated heterocycles. The SMILES string of the molecule is CCO.N[SiH3]. The van der Waals surface area contributed by atoms with Crippen LogP contribution in [0.1, 0.15) is 6.92 Å². The zero-order chi connectivity index (χ0) is 4.71. The Hall–Kier alpha value is 0.137. The highest BCUT2D eigenvalue weighted by Gasteiger charge is 1.34. The lowest BCUT2D eigenvalue weighted by Crippen LogP contribution is -1.75. The predicted molar refractivity (Wildman–Crippen MR) is 26.9 cm³/mol. The number of rotatable bonds is 0. The molecule has 2 nitrogen and oxygen atoms in total. The maximum absolute atomic E-state index is 7.57. The quantitative estimate of drug-likeness (QED) is 0.348. The highest BCUT2D eigenvalue weighted by atomic mass is 28.2. The van der Waals surface area contributed by atoms with Gasteiger partial charge in [-0.15, -0.1) is 0 Å². The van der Waals surface area contributed by atoms with Crippen molar-refractivity contribution >= 4 is 10.4 Å². The number of hydrogen-bond donors (Lipinski definition) is 2. The summed E-state index contributed by atoms with van der Waals surface area (Å²) in [7, 11) is 0.806. The number of hydrogen-bond acceptors (Lipinski definition) is 2. The van der Waals surface area contributed by atoms with E-state index in [1.807, 2.05) is 0 Å². The van der Waals surface area contributed by atoms with Gasteiger partial charge in [-0.05, 0) is 6.92 Å². The Morgan fingerprint density at radius 3 is 1.80 bits per heavy atom. The van der Waals surface area contributed by atoms with Crippen molar-refractivity contribution in [1.82, 2.24) is 0 Å². The summed E-state index contributed by atoms with van der Waals surface area (Å²) in [5, 5.41) is 12.2. The Morgan fingerprint density at radius 1 is 1.80 bits per heavy atom. The molecule has 0 fully saturated rings. The molecule has 5 heavy (non-hydrogen) atoms. The Balaban J connectivity index is 0. The summed E-state index contributed by atoms with van der Waals surface area (Å²) < 4.78 is 0. The molecule has 0 rings (SSSR count). The van der Waals surface area contributed by atoms with Crippen LogP contribution in [0.5, 0.6) is 0 Å². The molecule has 0 saturated carbocycles. The van der Waals surface area contributed by atoms with Crippen molar-refractivity contribution < 1.29 is 5.11 Å². The van der Waals surface area contributed by atoms with Crippen LogP contribution in [0, 0.1) is 0 Å². The Kier molecular flexibility index (Phi) is 56.3. The highest BCUT2D eigenvalue weighted by molar-refractivity contribution is 6.02. The normalized spacial score (nSPS) is 5.40. The minimum atomic E-state index is 0.250. The summed E-state index contributed by atoms with van der Waals surface area (Å²) in [6, 6.07) is 0. The van der Waals surface area contributed by atoms with E-state index in [0.29, 0.717) is 0 Å². The number of aliphatic hydroxyl groups excluding tert-OH is 1. The molecule has 0 radical (unpaired) electrons. The van der Waals surface area contributed by atoms with Crippen LogP contribution in [0.4, 0.5) is 0 Å². The van der Waals surface area contributed by atoms with Crippen LogP contribution in [0.3, 0.4) is 0 Å². The molecule has 0 aliphatic carbocycles. The lowest BCUT2D eigenvalue weighted by Gasteiger charge is -1.52. The van der Waals surface area contributed by atoms with Crippen molar-refractivity contribution in [2.45, 2.75) is 6.92 Å². The van der Waals surface area contributed by atoms with E-state index in [4.69, 9.17) is 5.11 Å². The van der Waals surface area contributed by atoms with Gasteiger partial charge >= 0.3 is 0 Å². The van der Waals surface area contributed by atoms with E-state index >= 15 is 0 Å². The van der Waals surface area contributed by atoms with Gasteiger partial charge in [0.05, 0.1) is 10.4 Å². The van der Waals surface area contributed by atoms with Crippen LogP contribution in [-0.4, -0.2) is 22.1 Å². The third-order valence-corrected chi connectivity index (χ3v) is 0. The predicted octanol–water partition coefficient (Wildman–Crippen LogP) is -1.78. The zero-order valence-corrected chi connectivity index (χ0v) is 5.73. The van der Waals surface area contributed by atoms with E-state index in [0.717, 1.165) is 10.4 Å². The van der Waals surface area contributed by atoms with Gasteiger partial charge in [-0.3, -0.25) is 0 Å². The van der Waals surface area contributed by atoms with Gasteiger partial charge in [0, 0.05) is 6.61 Å². The first-order valence-electron chi connectivity index (χ1n) is 1.60.